The Labute approximate surface area is 125 Å². The third kappa shape index (κ3) is 3.07. The minimum atomic E-state index is 0.715. The maximum absolute atomic E-state index is 8.94. The zero-order valence-corrected chi connectivity index (χ0v) is 12.2. The molecule has 0 atom stereocenters. The number of benzene rings is 2. The molecule has 0 bridgehead atoms. The number of rotatable bonds is 2. The van der Waals surface area contributed by atoms with E-state index in [1.807, 2.05) is 24.3 Å². The number of para-hydroxylation sites is 1. The molecular weight excluding hydrogens is 260 g/mol. The van der Waals surface area contributed by atoms with Crippen LogP contribution >= 0.6 is 0 Å². The molecule has 0 aliphatic carbocycles. The van der Waals surface area contributed by atoms with Gasteiger partial charge in [-0.1, -0.05) is 24.3 Å². The van der Waals surface area contributed by atoms with Gasteiger partial charge in [-0.15, -0.1) is 0 Å². The van der Waals surface area contributed by atoms with Gasteiger partial charge in [0.1, 0.15) is 12.4 Å². The zero-order chi connectivity index (χ0) is 14.7. The van der Waals surface area contributed by atoms with E-state index in [-0.39, 0.29) is 0 Å². The molecule has 3 heteroatoms. The summed E-state index contributed by atoms with van der Waals surface area (Å²) < 4.78 is 5.80. The molecule has 2 aromatic carbocycles. The number of hydrogen-bond donors (Lipinski definition) is 0. The topological polar surface area (TPSA) is 36.3 Å². The van der Waals surface area contributed by atoms with Gasteiger partial charge < -0.3 is 4.74 Å². The molecule has 0 fully saturated rings. The van der Waals surface area contributed by atoms with Crippen molar-refractivity contribution < 1.29 is 4.74 Å². The lowest BCUT2D eigenvalue weighted by Crippen LogP contribution is -2.25. The second-order valence-electron chi connectivity index (χ2n) is 5.42. The van der Waals surface area contributed by atoms with E-state index in [9.17, 15) is 0 Å². The van der Waals surface area contributed by atoms with Crippen LogP contribution in [0.4, 0.5) is 0 Å². The van der Waals surface area contributed by atoms with E-state index >= 15 is 0 Å². The van der Waals surface area contributed by atoms with Crippen LogP contribution in [0, 0.1) is 18.3 Å². The highest BCUT2D eigenvalue weighted by atomic mass is 16.5. The molecule has 21 heavy (non-hydrogen) atoms. The second-order valence-corrected chi connectivity index (χ2v) is 5.42. The van der Waals surface area contributed by atoms with Gasteiger partial charge in [-0.25, -0.2) is 0 Å². The maximum Gasteiger partial charge on any atom is 0.123 e. The average Bonchev–Trinajstić information content (AvgIpc) is 2.71. The van der Waals surface area contributed by atoms with E-state index in [0.29, 0.717) is 6.61 Å². The van der Waals surface area contributed by atoms with Crippen LogP contribution in [-0.4, -0.2) is 18.1 Å². The van der Waals surface area contributed by atoms with Gasteiger partial charge >= 0.3 is 0 Å². The lowest BCUT2D eigenvalue weighted by Gasteiger charge is -2.20. The van der Waals surface area contributed by atoms with Gasteiger partial charge in [0.2, 0.25) is 0 Å². The molecule has 1 aliphatic rings. The maximum atomic E-state index is 8.94. The number of aryl methyl sites for hydroxylation is 1. The highest BCUT2D eigenvalue weighted by molar-refractivity contribution is 5.38. The van der Waals surface area contributed by atoms with Crippen molar-refractivity contribution in [2.45, 2.75) is 20.0 Å². The first-order chi connectivity index (χ1) is 10.3. The smallest absolute Gasteiger partial charge is 0.123 e. The Morgan fingerprint density at radius 3 is 2.90 bits per heavy atom. The van der Waals surface area contributed by atoms with Crippen LogP contribution in [0.25, 0.3) is 0 Å². The summed E-state index contributed by atoms with van der Waals surface area (Å²) in [5.41, 5.74) is 4.41. The Bertz CT molecular complexity index is 688. The van der Waals surface area contributed by atoms with Crippen molar-refractivity contribution in [2.75, 3.05) is 13.2 Å². The molecule has 1 aliphatic heterocycles. The van der Waals surface area contributed by atoms with Gasteiger partial charge in [0.25, 0.3) is 0 Å². The lowest BCUT2D eigenvalue weighted by atomic mass is 10.0. The third-order valence-electron chi connectivity index (χ3n) is 3.90. The van der Waals surface area contributed by atoms with Crippen molar-refractivity contribution >= 4 is 0 Å². The van der Waals surface area contributed by atoms with Gasteiger partial charge in [0, 0.05) is 25.2 Å². The summed E-state index contributed by atoms with van der Waals surface area (Å²) in [6.07, 6.45) is 0. The molecule has 1 heterocycles. The Kier molecular flexibility index (Phi) is 3.89. The molecule has 3 nitrogen and oxygen atoms in total. The van der Waals surface area contributed by atoms with E-state index in [4.69, 9.17) is 10.00 Å². The van der Waals surface area contributed by atoms with Crippen LogP contribution in [0.5, 0.6) is 5.75 Å². The molecule has 106 valence electrons. The molecule has 2 aromatic rings. The first kappa shape index (κ1) is 13.7. The van der Waals surface area contributed by atoms with Gasteiger partial charge in [-0.05, 0) is 36.2 Å². The Balaban J connectivity index is 1.78. The Hall–Kier alpha value is -2.31. The van der Waals surface area contributed by atoms with Gasteiger partial charge in [-0.3, -0.25) is 4.90 Å². The van der Waals surface area contributed by atoms with Crippen molar-refractivity contribution in [2.24, 2.45) is 0 Å². The van der Waals surface area contributed by atoms with Crippen LogP contribution in [0.15, 0.2) is 42.5 Å². The largest absolute Gasteiger partial charge is 0.492 e. The molecular formula is C18H18N2O. The van der Waals surface area contributed by atoms with Crippen molar-refractivity contribution in [3.63, 3.8) is 0 Å². The van der Waals surface area contributed by atoms with Crippen LogP contribution in [0.3, 0.4) is 0 Å². The SMILES string of the molecule is Cc1cc(C#N)ccc1CN1CCOc2ccccc2C1. The summed E-state index contributed by atoms with van der Waals surface area (Å²) in [6, 6.07) is 16.3. The third-order valence-corrected chi connectivity index (χ3v) is 3.90. The first-order valence-electron chi connectivity index (χ1n) is 7.19. The van der Waals surface area contributed by atoms with Crippen molar-refractivity contribution in [1.82, 2.24) is 4.90 Å². The number of hydrogen-bond acceptors (Lipinski definition) is 3. The number of fused-ring (bicyclic) bond motifs is 1. The van der Waals surface area contributed by atoms with Gasteiger partial charge in [0.15, 0.2) is 0 Å². The summed E-state index contributed by atoms with van der Waals surface area (Å²) in [5, 5.41) is 8.94. The summed E-state index contributed by atoms with van der Waals surface area (Å²) >= 11 is 0. The lowest BCUT2D eigenvalue weighted by molar-refractivity contribution is 0.219. The predicted octanol–water partition coefficient (Wildman–Crippen LogP) is 3.26. The first-order valence-corrected chi connectivity index (χ1v) is 7.19. The number of nitriles is 1. The number of ether oxygens (including phenoxy) is 1. The number of nitrogens with zero attached hydrogens (tertiary/aromatic N) is 2. The van der Waals surface area contributed by atoms with Crippen LogP contribution in [0.2, 0.25) is 0 Å². The quantitative estimate of drug-likeness (QED) is 0.846. The second kappa shape index (κ2) is 5.99. The molecule has 0 N–H and O–H groups in total. The zero-order valence-electron chi connectivity index (χ0n) is 12.2. The van der Waals surface area contributed by atoms with Crippen LogP contribution in [0.1, 0.15) is 22.3 Å². The standard InChI is InChI=1S/C18H18N2O/c1-14-10-15(11-19)6-7-16(14)12-20-8-9-21-18-5-3-2-4-17(18)13-20/h2-7,10H,8-9,12-13H2,1H3. The highest BCUT2D eigenvalue weighted by Crippen LogP contribution is 2.24. The van der Waals surface area contributed by atoms with Crippen molar-refractivity contribution in [3.05, 3.63) is 64.7 Å². The molecule has 0 saturated carbocycles. The van der Waals surface area contributed by atoms with Crippen molar-refractivity contribution in [1.29, 1.82) is 5.26 Å². The monoisotopic (exact) mass is 278 g/mol. The van der Waals surface area contributed by atoms with E-state index in [0.717, 1.165) is 30.9 Å². The van der Waals surface area contributed by atoms with E-state index in [1.165, 1.54) is 16.7 Å². The normalized spacial score (nSPS) is 14.7. The molecule has 0 aromatic heterocycles. The molecule has 0 amide bonds. The van der Waals surface area contributed by atoms with E-state index in [1.54, 1.807) is 0 Å². The molecule has 0 spiro atoms. The van der Waals surface area contributed by atoms with Gasteiger partial charge in [0.05, 0.1) is 11.6 Å². The summed E-state index contributed by atoms with van der Waals surface area (Å²) in [4.78, 5) is 2.39. The van der Waals surface area contributed by atoms with Crippen molar-refractivity contribution in [3.8, 4) is 11.8 Å². The molecule has 0 saturated heterocycles. The van der Waals surface area contributed by atoms with E-state index in [2.05, 4.69) is 36.1 Å². The predicted molar refractivity (Wildman–Crippen MR) is 81.9 cm³/mol. The molecule has 0 radical (unpaired) electrons. The molecule has 0 unspecified atom stereocenters. The summed E-state index contributed by atoms with van der Waals surface area (Å²) in [5.74, 6) is 0.997. The fraction of sp³-hybridized carbons (Fsp3) is 0.278. The minimum absolute atomic E-state index is 0.715. The van der Waals surface area contributed by atoms with Crippen LogP contribution in [-0.2, 0) is 13.1 Å². The Morgan fingerprint density at radius 1 is 1.24 bits per heavy atom. The fourth-order valence-corrected chi connectivity index (χ4v) is 2.70. The molecule has 3 rings (SSSR count). The fourth-order valence-electron chi connectivity index (χ4n) is 2.70. The van der Waals surface area contributed by atoms with Crippen LogP contribution < -0.4 is 4.74 Å². The summed E-state index contributed by atoms with van der Waals surface area (Å²) in [7, 11) is 0. The van der Waals surface area contributed by atoms with Gasteiger partial charge in [-0.2, -0.15) is 5.26 Å². The highest BCUT2D eigenvalue weighted by Gasteiger charge is 2.15. The Morgan fingerprint density at radius 2 is 2.10 bits per heavy atom. The average molecular weight is 278 g/mol. The van der Waals surface area contributed by atoms with E-state index < -0.39 is 0 Å². The minimum Gasteiger partial charge on any atom is -0.492 e. The summed E-state index contributed by atoms with van der Waals surface area (Å²) in [6.45, 7) is 5.48.